The van der Waals surface area contributed by atoms with Crippen LogP contribution < -0.4 is 10.5 Å². The molecular formula is C10H9ClN4O2. The normalized spacial score (nSPS) is 10.2. The summed E-state index contributed by atoms with van der Waals surface area (Å²) in [4.78, 5) is 11.2. The number of methoxy groups -OCH3 is 1. The van der Waals surface area contributed by atoms with E-state index in [9.17, 15) is 4.79 Å². The number of amides is 1. The van der Waals surface area contributed by atoms with Crippen molar-refractivity contribution in [2.75, 3.05) is 7.11 Å². The topological polar surface area (TPSA) is 93.9 Å². The lowest BCUT2D eigenvalue weighted by molar-refractivity contribution is 0.0996. The SMILES string of the molecule is COc1ccc(Cl)cc1-c1n[nH]nc1C(N)=O. The molecule has 17 heavy (non-hydrogen) atoms. The largest absolute Gasteiger partial charge is 0.496 e. The smallest absolute Gasteiger partial charge is 0.271 e. The maximum Gasteiger partial charge on any atom is 0.271 e. The van der Waals surface area contributed by atoms with E-state index in [1.807, 2.05) is 0 Å². The standard InChI is InChI=1S/C10H9ClN4O2/c1-17-7-3-2-5(11)4-6(7)8-9(10(12)16)14-15-13-8/h2-4H,1H3,(H2,12,16)(H,13,14,15). The second kappa shape index (κ2) is 4.42. The summed E-state index contributed by atoms with van der Waals surface area (Å²) in [6.07, 6.45) is 0. The highest BCUT2D eigenvalue weighted by Crippen LogP contribution is 2.32. The van der Waals surface area contributed by atoms with Crippen molar-refractivity contribution in [2.24, 2.45) is 5.73 Å². The Bertz CT molecular complexity index is 567. The molecule has 0 aliphatic rings. The van der Waals surface area contributed by atoms with Crippen molar-refractivity contribution in [1.82, 2.24) is 15.4 Å². The first-order valence-electron chi connectivity index (χ1n) is 4.68. The third-order valence-electron chi connectivity index (χ3n) is 2.20. The number of nitrogens with two attached hydrogens (primary N) is 1. The Hall–Kier alpha value is -2.08. The van der Waals surface area contributed by atoms with Crippen LogP contribution in [-0.2, 0) is 0 Å². The van der Waals surface area contributed by atoms with Crippen LogP contribution in [0.15, 0.2) is 18.2 Å². The van der Waals surface area contributed by atoms with Gasteiger partial charge in [-0.2, -0.15) is 15.4 Å². The first-order chi connectivity index (χ1) is 8.13. The Kier molecular flexibility index (Phi) is 2.97. The summed E-state index contributed by atoms with van der Waals surface area (Å²) in [6, 6.07) is 4.98. The predicted molar refractivity (Wildman–Crippen MR) is 61.9 cm³/mol. The first-order valence-corrected chi connectivity index (χ1v) is 5.05. The van der Waals surface area contributed by atoms with Gasteiger partial charge in [0.15, 0.2) is 5.69 Å². The van der Waals surface area contributed by atoms with Gasteiger partial charge in [-0.1, -0.05) is 11.6 Å². The fourth-order valence-electron chi connectivity index (χ4n) is 1.46. The molecule has 2 rings (SSSR count). The summed E-state index contributed by atoms with van der Waals surface area (Å²) in [6.45, 7) is 0. The number of halogens is 1. The second-order valence-electron chi connectivity index (χ2n) is 3.23. The Morgan fingerprint density at radius 1 is 1.47 bits per heavy atom. The molecule has 0 aliphatic heterocycles. The Morgan fingerprint density at radius 3 is 2.88 bits per heavy atom. The van der Waals surface area contributed by atoms with Gasteiger partial charge in [0, 0.05) is 10.6 Å². The van der Waals surface area contributed by atoms with Crippen LogP contribution in [0.25, 0.3) is 11.3 Å². The highest BCUT2D eigenvalue weighted by Gasteiger charge is 2.18. The van der Waals surface area contributed by atoms with Crippen molar-refractivity contribution in [3.63, 3.8) is 0 Å². The Morgan fingerprint density at radius 2 is 2.24 bits per heavy atom. The second-order valence-corrected chi connectivity index (χ2v) is 3.67. The third-order valence-corrected chi connectivity index (χ3v) is 2.43. The van der Waals surface area contributed by atoms with Crippen molar-refractivity contribution in [1.29, 1.82) is 0 Å². The predicted octanol–water partition coefficient (Wildman–Crippen LogP) is 1.23. The van der Waals surface area contributed by atoms with E-state index in [-0.39, 0.29) is 5.69 Å². The van der Waals surface area contributed by atoms with Gasteiger partial charge in [0.1, 0.15) is 11.4 Å². The Balaban J connectivity index is 2.63. The van der Waals surface area contributed by atoms with Crippen molar-refractivity contribution in [2.45, 2.75) is 0 Å². The number of nitrogens with zero attached hydrogens (tertiary/aromatic N) is 2. The van der Waals surface area contributed by atoms with Crippen LogP contribution in [0.4, 0.5) is 0 Å². The van der Waals surface area contributed by atoms with Crippen LogP contribution in [0.3, 0.4) is 0 Å². The molecule has 1 heterocycles. The van der Waals surface area contributed by atoms with Crippen molar-refractivity contribution in [3.8, 4) is 17.0 Å². The summed E-state index contributed by atoms with van der Waals surface area (Å²) >= 11 is 5.89. The molecule has 0 spiro atoms. The number of ether oxygens (including phenoxy) is 1. The maximum absolute atomic E-state index is 11.2. The zero-order valence-corrected chi connectivity index (χ0v) is 9.65. The van der Waals surface area contributed by atoms with Gasteiger partial charge in [-0.15, -0.1) is 0 Å². The number of rotatable bonds is 3. The molecule has 6 nitrogen and oxygen atoms in total. The number of hydrogen-bond acceptors (Lipinski definition) is 4. The molecule has 7 heteroatoms. The number of hydrogen-bond donors (Lipinski definition) is 2. The molecule has 88 valence electrons. The maximum atomic E-state index is 11.2. The minimum atomic E-state index is -0.671. The van der Waals surface area contributed by atoms with E-state index in [2.05, 4.69) is 15.4 Å². The number of benzene rings is 1. The van der Waals surface area contributed by atoms with E-state index in [0.29, 0.717) is 22.0 Å². The van der Waals surface area contributed by atoms with Crippen LogP contribution in [0.1, 0.15) is 10.5 Å². The molecule has 0 bridgehead atoms. The molecule has 0 aliphatic carbocycles. The molecule has 3 N–H and O–H groups in total. The number of H-pyrrole nitrogens is 1. The minimum Gasteiger partial charge on any atom is -0.496 e. The molecule has 0 saturated carbocycles. The van der Waals surface area contributed by atoms with Gasteiger partial charge in [-0.25, -0.2) is 0 Å². The summed E-state index contributed by atoms with van der Waals surface area (Å²) in [5.74, 6) is -0.137. The van der Waals surface area contributed by atoms with Gasteiger partial charge in [0.2, 0.25) is 0 Å². The van der Waals surface area contributed by atoms with Gasteiger partial charge >= 0.3 is 0 Å². The minimum absolute atomic E-state index is 0.0468. The van der Waals surface area contributed by atoms with E-state index < -0.39 is 5.91 Å². The number of nitrogens with one attached hydrogen (secondary N) is 1. The number of aromatic amines is 1. The molecule has 0 fully saturated rings. The van der Waals surface area contributed by atoms with E-state index in [1.165, 1.54) is 7.11 Å². The van der Waals surface area contributed by atoms with E-state index in [1.54, 1.807) is 18.2 Å². The van der Waals surface area contributed by atoms with E-state index >= 15 is 0 Å². The fraction of sp³-hybridized carbons (Fsp3) is 0.100. The monoisotopic (exact) mass is 252 g/mol. The van der Waals surface area contributed by atoms with E-state index in [4.69, 9.17) is 22.1 Å². The average Bonchev–Trinajstić information content (AvgIpc) is 2.77. The van der Waals surface area contributed by atoms with Gasteiger partial charge in [-0.05, 0) is 18.2 Å². The summed E-state index contributed by atoms with van der Waals surface area (Å²) in [5.41, 5.74) is 6.11. The summed E-state index contributed by atoms with van der Waals surface area (Å²) in [5, 5.41) is 10.4. The van der Waals surface area contributed by atoms with Crippen molar-refractivity contribution in [3.05, 3.63) is 28.9 Å². The van der Waals surface area contributed by atoms with E-state index in [0.717, 1.165) is 0 Å². The van der Waals surface area contributed by atoms with Crippen LogP contribution in [0.5, 0.6) is 5.75 Å². The van der Waals surface area contributed by atoms with Crippen LogP contribution in [-0.4, -0.2) is 28.4 Å². The zero-order chi connectivity index (χ0) is 12.4. The molecule has 2 aromatic rings. The highest BCUT2D eigenvalue weighted by atomic mass is 35.5. The van der Waals surface area contributed by atoms with Crippen molar-refractivity contribution < 1.29 is 9.53 Å². The number of primary amides is 1. The number of carbonyl (C=O) groups excluding carboxylic acids is 1. The molecule has 1 amide bonds. The van der Waals surface area contributed by atoms with Gasteiger partial charge in [0.05, 0.1) is 7.11 Å². The molecule has 0 saturated heterocycles. The van der Waals surface area contributed by atoms with Crippen LogP contribution >= 0.6 is 11.6 Å². The average molecular weight is 253 g/mol. The molecule has 1 aromatic carbocycles. The van der Waals surface area contributed by atoms with Gasteiger partial charge in [-0.3, -0.25) is 4.79 Å². The molecular weight excluding hydrogens is 244 g/mol. The molecule has 1 aromatic heterocycles. The first kappa shape index (κ1) is 11.4. The lowest BCUT2D eigenvalue weighted by Crippen LogP contribution is -2.12. The van der Waals surface area contributed by atoms with Crippen molar-refractivity contribution >= 4 is 17.5 Å². The number of carbonyl (C=O) groups is 1. The highest BCUT2D eigenvalue weighted by molar-refractivity contribution is 6.31. The lowest BCUT2D eigenvalue weighted by atomic mass is 10.1. The molecule has 0 radical (unpaired) electrons. The summed E-state index contributed by atoms with van der Waals surface area (Å²) < 4.78 is 5.17. The van der Waals surface area contributed by atoms with Crippen LogP contribution in [0, 0.1) is 0 Å². The fourth-order valence-corrected chi connectivity index (χ4v) is 1.63. The zero-order valence-electron chi connectivity index (χ0n) is 8.90. The third kappa shape index (κ3) is 2.07. The number of aromatic nitrogens is 3. The summed E-state index contributed by atoms with van der Waals surface area (Å²) in [7, 11) is 1.51. The molecule has 0 unspecified atom stereocenters. The lowest BCUT2D eigenvalue weighted by Gasteiger charge is -2.06. The van der Waals surface area contributed by atoms with Gasteiger partial charge < -0.3 is 10.5 Å². The quantitative estimate of drug-likeness (QED) is 0.859. The Labute approximate surface area is 102 Å². The van der Waals surface area contributed by atoms with Crippen LogP contribution in [0.2, 0.25) is 5.02 Å². The molecule has 0 atom stereocenters. The van der Waals surface area contributed by atoms with Gasteiger partial charge in [0.25, 0.3) is 5.91 Å².